The van der Waals surface area contributed by atoms with Gasteiger partial charge in [-0.2, -0.15) is 0 Å². The van der Waals surface area contributed by atoms with E-state index in [2.05, 4.69) is 48.1 Å². The molecule has 0 aliphatic heterocycles. The fraction of sp³-hybridized carbons (Fsp3) is 0.462. The summed E-state index contributed by atoms with van der Waals surface area (Å²) in [6.07, 6.45) is 1.15. The van der Waals surface area contributed by atoms with E-state index in [1.54, 1.807) is 0 Å². The lowest BCUT2D eigenvalue weighted by atomic mass is 10.1. The lowest BCUT2D eigenvalue weighted by Crippen LogP contribution is -2.15. The highest BCUT2D eigenvalue weighted by molar-refractivity contribution is 6.05. The summed E-state index contributed by atoms with van der Waals surface area (Å²) in [6.45, 7) is 3.21. The predicted molar refractivity (Wildman–Crippen MR) is 66.1 cm³/mol. The minimum absolute atomic E-state index is 0.607. The standard InChI is InChI=1S/C13H18N2/c1-4-15(3)11-7-5-10(6-8-11)12-9-13(12)14-2/h5-8,12H,4,9H2,1-3H3/t12-/m0/s1. The monoisotopic (exact) mass is 202 g/mol. The number of hydrogen-bond donors (Lipinski definition) is 0. The topological polar surface area (TPSA) is 15.6 Å². The molecule has 0 bridgehead atoms. The van der Waals surface area contributed by atoms with Crippen molar-refractivity contribution in [2.75, 3.05) is 25.5 Å². The number of anilines is 1. The van der Waals surface area contributed by atoms with Gasteiger partial charge in [0.1, 0.15) is 0 Å². The van der Waals surface area contributed by atoms with E-state index in [0.717, 1.165) is 13.0 Å². The van der Waals surface area contributed by atoms with Crippen LogP contribution in [-0.2, 0) is 0 Å². The summed E-state index contributed by atoms with van der Waals surface area (Å²) in [5.74, 6) is 0.607. The number of rotatable bonds is 3. The second-order valence-corrected chi connectivity index (χ2v) is 4.08. The SMILES string of the molecule is CCN(C)c1ccc([C@@H]2CC2=NC)cc1. The second kappa shape index (κ2) is 4.05. The third-order valence-electron chi connectivity index (χ3n) is 3.15. The Morgan fingerprint density at radius 3 is 2.47 bits per heavy atom. The average Bonchev–Trinajstić information content (AvgIpc) is 3.07. The molecular formula is C13H18N2. The molecule has 1 aliphatic carbocycles. The Kier molecular flexibility index (Phi) is 2.76. The maximum atomic E-state index is 4.24. The van der Waals surface area contributed by atoms with Crippen LogP contribution in [0.2, 0.25) is 0 Å². The molecule has 15 heavy (non-hydrogen) atoms. The Bertz CT molecular complexity index is 365. The van der Waals surface area contributed by atoms with E-state index in [-0.39, 0.29) is 0 Å². The number of aliphatic imine (C=N–C) groups is 1. The molecule has 1 aromatic rings. The van der Waals surface area contributed by atoms with Crippen LogP contribution in [0.1, 0.15) is 24.8 Å². The Morgan fingerprint density at radius 1 is 1.33 bits per heavy atom. The molecule has 2 rings (SSSR count). The van der Waals surface area contributed by atoms with Crippen molar-refractivity contribution < 1.29 is 0 Å². The molecule has 0 amide bonds. The summed E-state index contributed by atoms with van der Waals surface area (Å²) in [4.78, 5) is 6.48. The van der Waals surface area contributed by atoms with Crippen LogP contribution in [0.15, 0.2) is 29.3 Å². The fourth-order valence-corrected chi connectivity index (χ4v) is 1.85. The first-order valence-electron chi connectivity index (χ1n) is 5.53. The fourth-order valence-electron chi connectivity index (χ4n) is 1.85. The van der Waals surface area contributed by atoms with Crippen molar-refractivity contribution in [3.63, 3.8) is 0 Å². The lowest BCUT2D eigenvalue weighted by molar-refractivity contribution is 0.966. The van der Waals surface area contributed by atoms with Gasteiger partial charge < -0.3 is 4.90 Å². The van der Waals surface area contributed by atoms with Crippen LogP contribution in [0, 0.1) is 0 Å². The van der Waals surface area contributed by atoms with E-state index < -0.39 is 0 Å². The first-order chi connectivity index (χ1) is 7.26. The molecule has 2 nitrogen and oxygen atoms in total. The molecule has 2 heteroatoms. The molecule has 1 fully saturated rings. The Balaban J connectivity index is 2.11. The highest BCUT2D eigenvalue weighted by Gasteiger charge is 2.32. The van der Waals surface area contributed by atoms with Gasteiger partial charge in [-0.1, -0.05) is 12.1 Å². The maximum absolute atomic E-state index is 4.24. The zero-order valence-electron chi connectivity index (χ0n) is 9.70. The Morgan fingerprint density at radius 2 is 2.00 bits per heavy atom. The van der Waals surface area contributed by atoms with Crippen LogP contribution >= 0.6 is 0 Å². The molecule has 80 valence electrons. The molecular weight excluding hydrogens is 184 g/mol. The van der Waals surface area contributed by atoms with E-state index in [4.69, 9.17) is 0 Å². The van der Waals surface area contributed by atoms with E-state index in [9.17, 15) is 0 Å². The number of hydrogen-bond acceptors (Lipinski definition) is 2. The molecule has 0 unspecified atom stereocenters. The van der Waals surface area contributed by atoms with Gasteiger partial charge in [-0.25, -0.2) is 0 Å². The molecule has 0 saturated heterocycles. The van der Waals surface area contributed by atoms with Crippen LogP contribution in [0.3, 0.4) is 0 Å². The predicted octanol–water partition coefficient (Wildman–Crippen LogP) is 2.70. The van der Waals surface area contributed by atoms with Crippen molar-refractivity contribution in [3.05, 3.63) is 29.8 Å². The third kappa shape index (κ3) is 2.04. The van der Waals surface area contributed by atoms with Crippen molar-refractivity contribution >= 4 is 11.4 Å². The largest absolute Gasteiger partial charge is 0.375 e. The molecule has 0 aromatic heterocycles. The Hall–Kier alpha value is -1.31. The van der Waals surface area contributed by atoms with Crippen molar-refractivity contribution in [3.8, 4) is 0 Å². The van der Waals surface area contributed by atoms with Crippen LogP contribution in [0.4, 0.5) is 5.69 Å². The zero-order chi connectivity index (χ0) is 10.8. The molecule has 0 spiro atoms. The normalized spacial score (nSPS) is 21.8. The van der Waals surface area contributed by atoms with Crippen LogP contribution in [-0.4, -0.2) is 26.4 Å². The highest BCUT2D eigenvalue weighted by Crippen LogP contribution is 2.37. The van der Waals surface area contributed by atoms with Crippen LogP contribution < -0.4 is 4.90 Å². The third-order valence-corrected chi connectivity index (χ3v) is 3.15. The molecule has 0 radical (unpaired) electrons. The van der Waals surface area contributed by atoms with Gasteiger partial charge in [-0.3, -0.25) is 4.99 Å². The molecule has 0 N–H and O–H groups in total. The van der Waals surface area contributed by atoms with E-state index in [0.29, 0.717) is 5.92 Å². The van der Waals surface area contributed by atoms with Crippen molar-refractivity contribution in [2.45, 2.75) is 19.3 Å². The average molecular weight is 202 g/mol. The zero-order valence-corrected chi connectivity index (χ0v) is 9.70. The van der Waals surface area contributed by atoms with Gasteiger partial charge in [0.15, 0.2) is 0 Å². The summed E-state index contributed by atoms with van der Waals surface area (Å²) in [5, 5.41) is 0. The maximum Gasteiger partial charge on any atom is 0.0363 e. The smallest absolute Gasteiger partial charge is 0.0363 e. The van der Waals surface area contributed by atoms with E-state index >= 15 is 0 Å². The lowest BCUT2D eigenvalue weighted by Gasteiger charge is -2.16. The van der Waals surface area contributed by atoms with E-state index in [1.807, 2.05) is 7.05 Å². The molecule has 1 aromatic carbocycles. The summed E-state index contributed by atoms with van der Waals surface area (Å²) in [5.41, 5.74) is 4.03. The molecule has 1 aliphatic rings. The van der Waals surface area contributed by atoms with Crippen LogP contribution in [0.25, 0.3) is 0 Å². The second-order valence-electron chi connectivity index (χ2n) is 4.08. The quantitative estimate of drug-likeness (QED) is 0.735. The van der Waals surface area contributed by atoms with Gasteiger partial charge in [0.05, 0.1) is 0 Å². The van der Waals surface area contributed by atoms with Crippen LogP contribution in [0.5, 0.6) is 0 Å². The summed E-state index contributed by atoms with van der Waals surface area (Å²) in [6, 6.07) is 8.85. The minimum Gasteiger partial charge on any atom is -0.375 e. The van der Waals surface area contributed by atoms with Crippen molar-refractivity contribution in [2.24, 2.45) is 4.99 Å². The van der Waals surface area contributed by atoms with Gasteiger partial charge in [0.25, 0.3) is 0 Å². The van der Waals surface area contributed by atoms with E-state index in [1.165, 1.54) is 17.0 Å². The summed E-state index contributed by atoms with van der Waals surface area (Å²) in [7, 11) is 4.00. The van der Waals surface area contributed by atoms with Gasteiger partial charge in [-0.05, 0) is 31.0 Å². The molecule has 0 heterocycles. The minimum atomic E-state index is 0.607. The first kappa shape index (κ1) is 10.2. The molecule has 1 atom stereocenters. The molecule has 1 saturated carbocycles. The number of benzene rings is 1. The van der Waals surface area contributed by atoms with Crippen molar-refractivity contribution in [1.82, 2.24) is 0 Å². The van der Waals surface area contributed by atoms with Gasteiger partial charge >= 0.3 is 0 Å². The number of nitrogens with zero attached hydrogens (tertiary/aromatic N) is 2. The highest BCUT2D eigenvalue weighted by atomic mass is 15.1. The summed E-state index contributed by atoms with van der Waals surface area (Å²) < 4.78 is 0. The summed E-state index contributed by atoms with van der Waals surface area (Å²) >= 11 is 0. The van der Waals surface area contributed by atoms with Gasteiger partial charge in [0, 0.05) is 38.0 Å². The van der Waals surface area contributed by atoms with Gasteiger partial charge in [0.2, 0.25) is 0 Å². The van der Waals surface area contributed by atoms with Gasteiger partial charge in [-0.15, -0.1) is 0 Å². The van der Waals surface area contributed by atoms with Crippen molar-refractivity contribution in [1.29, 1.82) is 0 Å². The first-order valence-corrected chi connectivity index (χ1v) is 5.53. The Labute approximate surface area is 91.6 Å².